The van der Waals surface area contributed by atoms with E-state index in [1.807, 2.05) is 6.07 Å². The van der Waals surface area contributed by atoms with Crippen molar-refractivity contribution in [1.82, 2.24) is 0 Å². The van der Waals surface area contributed by atoms with Gasteiger partial charge in [-0.15, -0.1) is 0 Å². The fourth-order valence-corrected chi connectivity index (χ4v) is 6.98. The molecule has 3 aromatic rings. The molecular formula is C26H34O11P2. The third kappa shape index (κ3) is 8.67. The van der Waals surface area contributed by atoms with Crippen LogP contribution in [-0.2, 0) is 9.13 Å². The minimum atomic E-state index is -4.86. The van der Waals surface area contributed by atoms with Gasteiger partial charge in [-0.1, -0.05) is 75.3 Å². The molecule has 13 heteroatoms. The Bertz CT molecular complexity index is 1370. The molecule has 0 fully saturated rings. The summed E-state index contributed by atoms with van der Waals surface area (Å²) in [6.07, 6.45) is 5.67. The first kappa shape index (κ1) is 30.9. The standard InChI is InChI=1S/C26H34O11P2/c27-19-16-20(28)23-21(17-19)37-25(18-12-8-7-9-13-18)26(24(23)29)36-15-11-6-4-2-1-3-5-10-14-22(38(30,31)32)39(33,34)35/h7-9,12-13,16-17,22,27-28H,1-6,10-11,14-15H2,(H2,30,31,32)(H2,33,34,35). The molecule has 3 rings (SSSR count). The van der Waals surface area contributed by atoms with Gasteiger partial charge >= 0.3 is 15.2 Å². The Morgan fingerprint density at radius 1 is 0.795 bits per heavy atom. The lowest BCUT2D eigenvalue weighted by atomic mass is 10.1. The molecule has 11 nitrogen and oxygen atoms in total. The van der Waals surface area contributed by atoms with E-state index in [1.165, 1.54) is 6.07 Å². The lowest BCUT2D eigenvalue weighted by Gasteiger charge is -2.19. The predicted octanol–water partition coefficient (Wildman–Crippen LogP) is 5.44. The van der Waals surface area contributed by atoms with Crippen LogP contribution in [0.5, 0.6) is 17.2 Å². The second-order valence-corrected chi connectivity index (χ2v) is 13.4. The van der Waals surface area contributed by atoms with Crippen molar-refractivity contribution in [1.29, 1.82) is 0 Å². The van der Waals surface area contributed by atoms with E-state index in [0.29, 0.717) is 24.8 Å². The van der Waals surface area contributed by atoms with Crippen molar-refractivity contribution in [2.24, 2.45) is 0 Å². The topological polar surface area (TPSA) is 195 Å². The molecule has 0 aliphatic carbocycles. The summed E-state index contributed by atoms with van der Waals surface area (Å²) in [6.45, 7) is 0.251. The fraction of sp³-hybridized carbons (Fsp3) is 0.423. The van der Waals surface area contributed by atoms with Gasteiger partial charge in [-0.05, 0) is 12.8 Å². The predicted molar refractivity (Wildman–Crippen MR) is 146 cm³/mol. The largest absolute Gasteiger partial charge is 0.508 e. The number of fused-ring (bicyclic) bond motifs is 1. The summed E-state index contributed by atoms with van der Waals surface area (Å²) in [5.41, 5.74) is 0.122. The average Bonchev–Trinajstić information content (AvgIpc) is 2.84. The van der Waals surface area contributed by atoms with Crippen LogP contribution < -0.4 is 10.2 Å². The number of hydrogen-bond acceptors (Lipinski definition) is 7. The van der Waals surface area contributed by atoms with Crippen molar-refractivity contribution in [3.8, 4) is 28.6 Å². The first-order chi connectivity index (χ1) is 18.4. The molecule has 0 amide bonds. The Labute approximate surface area is 225 Å². The fourth-order valence-electron chi connectivity index (χ4n) is 4.38. The summed E-state index contributed by atoms with van der Waals surface area (Å²) in [5, 5.41) is 18.0. The molecule has 1 aromatic heterocycles. The molecule has 0 spiro atoms. The minimum Gasteiger partial charge on any atom is -0.508 e. The van der Waals surface area contributed by atoms with E-state index < -0.39 is 31.8 Å². The van der Waals surface area contributed by atoms with Gasteiger partial charge in [-0.2, -0.15) is 0 Å². The van der Waals surface area contributed by atoms with Gasteiger partial charge in [0.05, 0.1) is 6.61 Å². The van der Waals surface area contributed by atoms with Crippen LogP contribution in [-0.4, -0.2) is 41.8 Å². The Balaban J connectivity index is 1.47. The van der Waals surface area contributed by atoms with Crippen LogP contribution in [0.3, 0.4) is 0 Å². The number of aromatic hydroxyl groups is 2. The highest BCUT2D eigenvalue weighted by Gasteiger charge is 2.42. The zero-order valence-corrected chi connectivity index (χ0v) is 23.1. The maximum Gasteiger partial charge on any atom is 0.340 e. The van der Waals surface area contributed by atoms with Gasteiger partial charge < -0.3 is 38.9 Å². The maximum absolute atomic E-state index is 13.2. The van der Waals surface area contributed by atoms with Crippen molar-refractivity contribution in [3.63, 3.8) is 0 Å². The molecule has 0 bridgehead atoms. The van der Waals surface area contributed by atoms with Crippen LogP contribution in [0.15, 0.2) is 51.7 Å². The van der Waals surface area contributed by atoms with Gasteiger partial charge in [0, 0.05) is 17.7 Å². The SMILES string of the molecule is O=c1c(OCCCCCCCCCCC(P(=O)(O)O)P(=O)(O)O)c(-c2ccccc2)oc2cc(O)cc(O)c12. The quantitative estimate of drug-likeness (QED) is 0.0983. The Hall–Kier alpha value is -2.65. The first-order valence-corrected chi connectivity index (χ1v) is 16.1. The minimum absolute atomic E-state index is 0.0152. The molecule has 0 saturated heterocycles. The number of phenols is 2. The summed E-state index contributed by atoms with van der Waals surface area (Å²) < 4.78 is 34.3. The lowest BCUT2D eigenvalue weighted by Crippen LogP contribution is -2.11. The van der Waals surface area contributed by atoms with Crippen LogP contribution >= 0.6 is 15.2 Å². The summed E-state index contributed by atoms with van der Waals surface area (Å²) in [4.78, 5) is 49.8. The summed E-state index contributed by atoms with van der Waals surface area (Å²) in [7, 11) is -9.72. The van der Waals surface area contributed by atoms with Crippen molar-refractivity contribution >= 4 is 26.2 Å². The highest BCUT2D eigenvalue weighted by molar-refractivity contribution is 7.70. The second kappa shape index (κ2) is 13.6. The van der Waals surface area contributed by atoms with E-state index in [0.717, 1.165) is 38.2 Å². The number of hydrogen-bond donors (Lipinski definition) is 6. The zero-order valence-electron chi connectivity index (χ0n) is 21.3. The van der Waals surface area contributed by atoms with Crippen molar-refractivity contribution in [3.05, 3.63) is 52.7 Å². The van der Waals surface area contributed by atoms with Gasteiger partial charge in [0.1, 0.15) is 22.5 Å². The number of rotatable bonds is 15. The van der Waals surface area contributed by atoms with Gasteiger partial charge in [-0.3, -0.25) is 13.9 Å². The number of ether oxygens (including phenoxy) is 1. The van der Waals surface area contributed by atoms with Crippen molar-refractivity contribution in [2.75, 3.05) is 6.61 Å². The van der Waals surface area contributed by atoms with Gasteiger partial charge in [-0.25, -0.2) is 0 Å². The molecule has 0 aliphatic heterocycles. The smallest absolute Gasteiger partial charge is 0.340 e. The Morgan fingerprint density at radius 3 is 1.95 bits per heavy atom. The number of phenolic OH excluding ortho intramolecular Hbond substituents is 2. The molecule has 0 aliphatic rings. The van der Waals surface area contributed by atoms with Crippen molar-refractivity contribution < 1.29 is 48.1 Å². The van der Waals surface area contributed by atoms with Crippen LogP contribution in [0.1, 0.15) is 57.8 Å². The van der Waals surface area contributed by atoms with Crippen LogP contribution in [0.25, 0.3) is 22.3 Å². The molecule has 214 valence electrons. The summed E-state index contributed by atoms with van der Waals surface area (Å²) in [6, 6.07) is 11.3. The second-order valence-electron chi connectivity index (χ2n) is 9.42. The molecule has 6 N–H and O–H groups in total. The highest BCUT2D eigenvalue weighted by Crippen LogP contribution is 2.61. The monoisotopic (exact) mass is 584 g/mol. The van der Waals surface area contributed by atoms with Gasteiger partial charge in [0.25, 0.3) is 0 Å². The molecule has 0 atom stereocenters. The third-order valence-corrected chi connectivity index (χ3v) is 10.2. The van der Waals surface area contributed by atoms with E-state index >= 15 is 0 Å². The van der Waals surface area contributed by atoms with E-state index in [2.05, 4.69) is 0 Å². The van der Waals surface area contributed by atoms with E-state index in [9.17, 15) is 24.1 Å². The molecule has 1 heterocycles. The van der Waals surface area contributed by atoms with E-state index in [4.69, 9.17) is 28.7 Å². The van der Waals surface area contributed by atoms with E-state index in [1.54, 1.807) is 24.3 Å². The van der Waals surface area contributed by atoms with Crippen LogP contribution in [0.4, 0.5) is 0 Å². The number of unbranched alkanes of at least 4 members (excludes halogenated alkanes) is 7. The maximum atomic E-state index is 13.2. The third-order valence-electron chi connectivity index (χ3n) is 6.33. The summed E-state index contributed by atoms with van der Waals surface area (Å²) in [5.74, 6) is -0.444. The lowest BCUT2D eigenvalue weighted by molar-refractivity contribution is 0.296. The first-order valence-electron chi connectivity index (χ1n) is 12.7. The van der Waals surface area contributed by atoms with Crippen molar-refractivity contribution in [2.45, 2.75) is 63.2 Å². The Morgan fingerprint density at radius 2 is 1.36 bits per heavy atom. The van der Waals surface area contributed by atoms with Crippen LogP contribution in [0.2, 0.25) is 0 Å². The van der Waals surface area contributed by atoms with Gasteiger partial charge in [0.2, 0.25) is 11.2 Å². The molecule has 0 radical (unpaired) electrons. The molecule has 39 heavy (non-hydrogen) atoms. The van der Waals surface area contributed by atoms with Gasteiger partial charge in [0.15, 0.2) is 11.2 Å². The molecular weight excluding hydrogens is 550 g/mol. The van der Waals surface area contributed by atoms with E-state index in [-0.39, 0.29) is 41.3 Å². The highest BCUT2D eigenvalue weighted by atomic mass is 31.2. The summed E-state index contributed by atoms with van der Waals surface area (Å²) >= 11 is 0. The molecule has 0 unspecified atom stereocenters. The Kier molecular flexibility index (Phi) is 10.8. The van der Waals surface area contributed by atoms with Crippen LogP contribution in [0, 0.1) is 0 Å². The average molecular weight is 584 g/mol. The normalized spacial score (nSPS) is 12.3. The number of benzene rings is 2. The molecule has 2 aromatic carbocycles. The zero-order chi connectivity index (χ0) is 28.6. The molecule has 0 saturated carbocycles.